The molecule has 0 aliphatic heterocycles. The molecule has 0 atom stereocenters. The molecule has 0 aromatic heterocycles. The van der Waals surface area contributed by atoms with Gasteiger partial charge in [0, 0.05) is 18.3 Å². The number of methoxy groups -OCH3 is 1. The van der Waals surface area contributed by atoms with Crippen LogP contribution in [0.15, 0.2) is 42.5 Å². The molecule has 2 aromatic rings. The van der Waals surface area contributed by atoms with E-state index in [1.807, 2.05) is 24.3 Å². The molecule has 0 aliphatic carbocycles. The van der Waals surface area contributed by atoms with E-state index in [4.69, 9.17) is 9.84 Å². The number of carboxylic acids is 1. The van der Waals surface area contributed by atoms with E-state index in [9.17, 15) is 9.18 Å². The molecule has 104 valence electrons. The molecule has 2 aromatic carbocycles. The van der Waals surface area contributed by atoms with E-state index in [-0.39, 0.29) is 5.56 Å². The summed E-state index contributed by atoms with van der Waals surface area (Å²) in [5.74, 6) is -1.28. The van der Waals surface area contributed by atoms with Crippen LogP contribution in [0.5, 0.6) is 5.75 Å². The zero-order valence-corrected chi connectivity index (χ0v) is 10.9. The van der Waals surface area contributed by atoms with Crippen molar-refractivity contribution in [3.05, 3.63) is 59.4 Å². The largest absolute Gasteiger partial charge is 0.497 e. The number of halogens is 1. The van der Waals surface area contributed by atoms with Crippen molar-refractivity contribution in [2.75, 3.05) is 12.4 Å². The Balaban J connectivity index is 2.07. The molecule has 2 N–H and O–H groups in total. The highest BCUT2D eigenvalue weighted by atomic mass is 19.1. The van der Waals surface area contributed by atoms with E-state index in [0.29, 0.717) is 12.1 Å². The number of ether oxygens (including phenoxy) is 1. The lowest BCUT2D eigenvalue weighted by Crippen LogP contribution is -2.04. The number of carboxylic acid groups (broad SMARTS) is 1. The fourth-order valence-electron chi connectivity index (χ4n) is 1.78. The molecule has 20 heavy (non-hydrogen) atoms. The van der Waals surface area contributed by atoms with Gasteiger partial charge in [0.2, 0.25) is 0 Å². The Morgan fingerprint density at radius 3 is 2.75 bits per heavy atom. The van der Waals surface area contributed by atoms with Gasteiger partial charge in [-0.3, -0.25) is 0 Å². The first-order valence-corrected chi connectivity index (χ1v) is 6.00. The van der Waals surface area contributed by atoms with Crippen LogP contribution < -0.4 is 10.1 Å². The van der Waals surface area contributed by atoms with Gasteiger partial charge in [-0.25, -0.2) is 9.18 Å². The molecule has 2 rings (SSSR count). The highest BCUT2D eigenvalue weighted by Crippen LogP contribution is 2.18. The first kappa shape index (κ1) is 13.9. The maximum Gasteiger partial charge on any atom is 0.338 e. The molecule has 0 saturated heterocycles. The molecule has 0 unspecified atom stereocenters. The van der Waals surface area contributed by atoms with Gasteiger partial charge in [0.25, 0.3) is 0 Å². The second kappa shape index (κ2) is 6.06. The van der Waals surface area contributed by atoms with Crippen molar-refractivity contribution in [1.29, 1.82) is 0 Å². The second-order valence-electron chi connectivity index (χ2n) is 4.20. The third-order valence-corrected chi connectivity index (χ3v) is 2.83. The van der Waals surface area contributed by atoms with Gasteiger partial charge >= 0.3 is 5.97 Å². The van der Waals surface area contributed by atoms with Gasteiger partial charge in [-0.2, -0.15) is 0 Å². The summed E-state index contributed by atoms with van der Waals surface area (Å²) >= 11 is 0. The Morgan fingerprint density at radius 1 is 1.30 bits per heavy atom. The van der Waals surface area contributed by atoms with Gasteiger partial charge < -0.3 is 15.2 Å². The molecule has 0 bridgehead atoms. The molecule has 5 heteroatoms. The zero-order chi connectivity index (χ0) is 14.5. The summed E-state index contributed by atoms with van der Waals surface area (Å²) in [5, 5.41) is 11.9. The van der Waals surface area contributed by atoms with Crippen LogP contribution in [0.4, 0.5) is 10.1 Å². The first-order chi connectivity index (χ1) is 9.60. The number of nitrogens with one attached hydrogen (secondary N) is 1. The van der Waals surface area contributed by atoms with Crippen LogP contribution in [0.1, 0.15) is 15.9 Å². The van der Waals surface area contributed by atoms with E-state index in [0.717, 1.165) is 11.4 Å². The monoisotopic (exact) mass is 275 g/mol. The molecule has 0 aliphatic rings. The second-order valence-corrected chi connectivity index (χ2v) is 4.20. The minimum Gasteiger partial charge on any atom is -0.497 e. The highest BCUT2D eigenvalue weighted by Gasteiger charge is 2.10. The van der Waals surface area contributed by atoms with Crippen molar-refractivity contribution in [2.24, 2.45) is 0 Å². The Kier molecular flexibility index (Phi) is 4.20. The van der Waals surface area contributed by atoms with E-state index in [2.05, 4.69) is 5.32 Å². The van der Waals surface area contributed by atoms with Crippen molar-refractivity contribution in [3.63, 3.8) is 0 Å². The standard InChI is InChI=1S/C15H14FNO3/c1-20-12-4-2-3-11(8-12)17-9-10-5-6-13(15(18)19)14(16)7-10/h2-8,17H,9H2,1H3,(H,18,19). The van der Waals surface area contributed by atoms with Crippen LogP contribution >= 0.6 is 0 Å². The van der Waals surface area contributed by atoms with Crippen molar-refractivity contribution >= 4 is 11.7 Å². The number of rotatable bonds is 5. The Hall–Kier alpha value is -2.56. The predicted molar refractivity (Wildman–Crippen MR) is 73.7 cm³/mol. The predicted octanol–water partition coefficient (Wildman–Crippen LogP) is 3.14. The quantitative estimate of drug-likeness (QED) is 0.880. The van der Waals surface area contributed by atoms with E-state index < -0.39 is 11.8 Å². The minimum absolute atomic E-state index is 0.324. The van der Waals surface area contributed by atoms with Gasteiger partial charge in [-0.15, -0.1) is 0 Å². The number of carbonyl (C=O) groups is 1. The molecule has 0 amide bonds. The lowest BCUT2D eigenvalue weighted by molar-refractivity contribution is 0.0692. The van der Waals surface area contributed by atoms with Crippen molar-refractivity contribution in [2.45, 2.75) is 6.54 Å². The Labute approximate surface area is 115 Å². The minimum atomic E-state index is -1.27. The van der Waals surface area contributed by atoms with E-state index in [1.54, 1.807) is 13.2 Å². The summed E-state index contributed by atoms with van der Waals surface area (Å²) in [7, 11) is 1.58. The molecular formula is C15H14FNO3. The molecular weight excluding hydrogens is 261 g/mol. The average Bonchev–Trinajstić information content (AvgIpc) is 2.45. The Morgan fingerprint density at radius 2 is 2.10 bits per heavy atom. The molecule has 4 nitrogen and oxygen atoms in total. The fourth-order valence-corrected chi connectivity index (χ4v) is 1.78. The van der Waals surface area contributed by atoms with Gasteiger partial charge in [0.15, 0.2) is 0 Å². The van der Waals surface area contributed by atoms with Gasteiger partial charge in [-0.1, -0.05) is 12.1 Å². The highest BCUT2D eigenvalue weighted by molar-refractivity contribution is 5.87. The maximum atomic E-state index is 13.5. The van der Waals surface area contributed by atoms with Crippen molar-refractivity contribution in [3.8, 4) is 5.75 Å². The number of anilines is 1. The van der Waals surface area contributed by atoms with E-state index in [1.165, 1.54) is 12.1 Å². The third-order valence-electron chi connectivity index (χ3n) is 2.83. The molecule has 0 fully saturated rings. The first-order valence-electron chi connectivity index (χ1n) is 6.00. The topological polar surface area (TPSA) is 58.6 Å². The number of benzene rings is 2. The lowest BCUT2D eigenvalue weighted by atomic mass is 10.1. The van der Waals surface area contributed by atoms with Crippen molar-refractivity contribution in [1.82, 2.24) is 0 Å². The van der Waals surface area contributed by atoms with Gasteiger partial charge in [0.1, 0.15) is 11.6 Å². The smallest absolute Gasteiger partial charge is 0.338 e. The van der Waals surface area contributed by atoms with Crippen LogP contribution in [0, 0.1) is 5.82 Å². The SMILES string of the molecule is COc1cccc(NCc2ccc(C(=O)O)c(F)c2)c1. The van der Waals surface area contributed by atoms with Gasteiger partial charge in [0.05, 0.1) is 12.7 Å². The average molecular weight is 275 g/mol. The molecule has 0 heterocycles. The number of hydrogen-bond donors (Lipinski definition) is 2. The third kappa shape index (κ3) is 3.26. The maximum absolute atomic E-state index is 13.5. The van der Waals surface area contributed by atoms with Crippen LogP contribution in [0.3, 0.4) is 0 Å². The normalized spacial score (nSPS) is 10.1. The van der Waals surface area contributed by atoms with Crippen molar-refractivity contribution < 1.29 is 19.0 Å². The molecule has 0 saturated carbocycles. The summed E-state index contributed by atoms with van der Waals surface area (Å²) in [6.07, 6.45) is 0. The summed E-state index contributed by atoms with van der Waals surface area (Å²) in [6.45, 7) is 0.393. The van der Waals surface area contributed by atoms with Crippen LogP contribution in [-0.4, -0.2) is 18.2 Å². The van der Waals surface area contributed by atoms with Gasteiger partial charge in [-0.05, 0) is 29.8 Å². The number of aromatic carboxylic acids is 1. The lowest BCUT2D eigenvalue weighted by Gasteiger charge is -2.08. The summed E-state index contributed by atoms with van der Waals surface area (Å²) in [6, 6.07) is 11.4. The summed E-state index contributed by atoms with van der Waals surface area (Å²) in [5.41, 5.74) is 1.18. The Bertz CT molecular complexity index is 628. The fraction of sp³-hybridized carbons (Fsp3) is 0.133. The van der Waals surface area contributed by atoms with Crippen LogP contribution in [0.2, 0.25) is 0 Å². The van der Waals surface area contributed by atoms with Crippen LogP contribution in [-0.2, 0) is 6.54 Å². The summed E-state index contributed by atoms with van der Waals surface area (Å²) < 4.78 is 18.6. The zero-order valence-electron chi connectivity index (χ0n) is 10.9. The molecule has 0 radical (unpaired) electrons. The molecule has 0 spiro atoms. The summed E-state index contributed by atoms with van der Waals surface area (Å²) in [4.78, 5) is 10.7. The van der Waals surface area contributed by atoms with Crippen LogP contribution in [0.25, 0.3) is 0 Å². The van der Waals surface area contributed by atoms with E-state index >= 15 is 0 Å². The number of hydrogen-bond acceptors (Lipinski definition) is 3.